The van der Waals surface area contributed by atoms with Crippen LogP contribution in [0, 0.1) is 5.92 Å². The Hall–Kier alpha value is -1.80. The Kier molecular flexibility index (Phi) is 5.56. The maximum absolute atomic E-state index is 12.1. The van der Waals surface area contributed by atoms with Crippen LogP contribution in [-0.4, -0.2) is 42.0 Å². The molecular formula is C13H22N4O3S. The zero-order chi connectivity index (χ0) is 16.2. The largest absolute Gasteiger partial charge is 0.399 e. The first kappa shape index (κ1) is 17.3. The van der Waals surface area contributed by atoms with Crippen LogP contribution in [0.2, 0.25) is 0 Å². The molecular weight excluding hydrogens is 292 g/mol. The number of hydrogen-bond acceptors (Lipinski definition) is 5. The fraction of sp³-hybridized carbons (Fsp3) is 0.462. The summed E-state index contributed by atoms with van der Waals surface area (Å²) in [6.07, 6.45) is 0. The Bertz CT molecular complexity index is 616. The third-order valence-corrected chi connectivity index (χ3v) is 4.64. The summed E-state index contributed by atoms with van der Waals surface area (Å²) in [7, 11) is 1.02. The van der Waals surface area contributed by atoms with Gasteiger partial charge in [-0.15, -0.1) is 0 Å². The van der Waals surface area contributed by atoms with Gasteiger partial charge < -0.3 is 16.0 Å². The van der Waals surface area contributed by atoms with Gasteiger partial charge >= 0.3 is 0 Å². The molecule has 1 unspecified atom stereocenters. The molecule has 8 heteroatoms. The van der Waals surface area contributed by atoms with E-state index in [1.54, 1.807) is 38.1 Å². The first-order valence-electron chi connectivity index (χ1n) is 6.48. The fourth-order valence-corrected chi connectivity index (χ4v) is 3.02. The van der Waals surface area contributed by atoms with Crippen molar-refractivity contribution in [3.8, 4) is 0 Å². The lowest BCUT2D eigenvalue weighted by Crippen LogP contribution is -2.35. The number of carbonyl (C=O) groups excluding carboxylic acids is 1. The normalized spacial score (nSPS) is 12.8. The van der Waals surface area contributed by atoms with Gasteiger partial charge in [0.05, 0.1) is 11.6 Å². The van der Waals surface area contributed by atoms with E-state index in [4.69, 9.17) is 5.73 Å². The maximum Gasteiger partial charge on any atom is 0.242 e. The second-order valence-electron chi connectivity index (χ2n) is 4.83. The van der Waals surface area contributed by atoms with Crippen molar-refractivity contribution in [2.75, 3.05) is 38.3 Å². The molecule has 1 amide bonds. The number of nitrogens with zero attached hydrogens (tertiary/aromatic N) is 1. The molecule has 118 valence electrons. The monoisotopic (exact) mass is 314 g/mol. The van der Waals surface area contributed by atoms with Crippen LogP contribution in [0.4, 0.5) is 11.4 Å². The van der Waals surface area contributed by atoms with E-state index >= 15 is 0 Å². The van der Waals surface area contributed by atoms with Gasteiger partial charge in [-0.3, -0.25) is 4.79 Å². The number of carbonyl (C=O) groups is 1. The Morgan fingerprint density at radius 1 is 1.38 bits per heavy atom. The molecule has 0 aliphatic carbocycles. The van der Waals surface area contributed by atoms with E-state index in [9.17, 15) is 13.2 Å². The molecule has 1 atom stereocenters. The second kappa shape index (κ2) is 6.77. The highest BCUT2D eigenvalue weighted by Crippen LogP contribution is 2.27. The second-order valence-corrected chi connectivity index (χ2v) is 6.69. The molecule has 1 aromatic rings. The summed E-state index contributed by atoms with van der Waals surface area (Å²) in [6, 6.07) is 4.67. The number of sulfonamides is 1. The van der Waals surface area contributed by atoms with Crippen LogP contribution < -0.4 is 20.7 Å². The molecule has 1 rings (SSSR count). The number of rotatable bonds is 6. The van der Waals surface area contributed by atoms with Crippen molar-refractivity contribution in [2.45, 2.75) is 11.8 Å². The van der Waals surface area contributed by atoms with Gasteiger partial charge in [-0.1, -0.05) is 6.92 Å². The molecule has 0 heterocycles. The minimum absolute atomic E-state index is 0.0941. The van der Waals surface area contributed by atoms with Crippen molar-refractivity contribution >= 4 is 27.3 Å². The van der Waals surface area contributed by atoms with Crippen molar-refractivity contribution in [3.63, 3.8) is 0 Å². The fourth-order valence-electron chi connectivity index (χ4n) is 2.01. The van der Waals surface area contributed by atoms with E-state index in [1.165, 1.54) is 13.1 Å². The average Bonchev–Trinajstić information content (AvgIpc) is 2.45. The zero-order valence-electron chi connectivity index (χ0n) is 12.7. The summed E-state index contributed by atoms with van der Waals surface area (Å²) in [5, 5.41) is 2.57. The van der Waals surface area contributed by atoms with E-state index < -0.39 is 10.0 Å². The number of hydrogen-bond donors (Lipinski definition) is 3. The molecule has 0 spiro atoms. The minimum Gasteiger partial charge on any atom is -0.399 e. The highest BCUT2D eigenvalue weighted by molar-refractivity contribution is 7.89. The van der Waals surface area contributed by atoms with E-state index in [0.717, 1.165) is 0 Å². The van der Waals surface area contributed by atoms with Crippen molar-refractivity contribution in [1.82, 2.24) is 10.0 Å². The van der Waals surface area contributed by atoms with E-state index in [0.29, 0.717) is 17.9 Å². The predicted molar refractivity (Wildman–Crippen MR) is 83.6 cm³/mol. The molecule has 0 radical (unpaired) electrons. The molecule has 0 aromatic heterocycles. The van der Waals surface area contributed by atoms with E-state index in [1.807, 2.05) is 0 Å². The quantitative estimate of drug-likeness (QED) is 0.641. The molecule has 0 aliphatic heterocycles. The summed E-state index contributed by atoms with van der Waals surface area (Å²) in [5.74, 6) is -0.377. The zero-order valence-corrected chi connectivity index (χ0v) is 13.5. The molecule has 0 aliphatic rings. The number of amides is 1. The SMILES string of the molecule is CNC(=O)C(C)CN(C)c1ccc(N)cc1S(=O)(=O)NC. The van der Waals surface area contributed by atoms with Gasteiger partial charge in [0, 0.05) is 26.3 Å². The van der Waals surface area contributed by atoms with E-state index in [-0.39, 0.29) is 16.7 Å². The van der Waals surface area contributed by atoms with Gasteiger partial charge in [-0.25, -0.2) is 13.1 Å². The summed E-state index contributed by atoms with van der Waals surface area (Å²) < 4.78 is 26.4. The highest BCUT2D eigenvalue weighted by atomic mass is 32.2. The Morgan fingerprint density at radius 2 is 2.00 bits per heavy atom. The minimum atomic E-state index is -3.63. The molecule has 1 aromatic carbocycles. The van der Waals surface area contributed by atoms with Crippen LogP contribution in [0.15, 0.2) is 23.1 Å². The first-order chi connectivity index (χ1) is 9.72. The summed E-state index contributed by atoms with van der Waals surface area (Å²) in [5.41, 5.74) is 6.53. The number of nitrogens with two attached hydrogens (primary N) is 1. The van der Waals surface area contributed by atoms with Gasteiger partial charge in [0.2, 0.25) is 15.9 Å². The third kappa shape index (κ3) is 4.08. The summed E-state index contributed by atoms with van der Waals surface area (Å²) in [4.78, 5) is 13.4. The Labute approximate surface area is 125 Å². The van der Waals surface area contributed by atoms with Gasteiger partial charge in [-0.05, 0) is 25.2 Å². The number of nitrogen functional groups attached to an aromatic ring is 1. The third-order valence-electron chi connectivity index (χ3n) is 3.20. The molecule has 0 fully saturated rings. The van der Waals surface area contributed by atoms with Crippen LogP contribution in [0.25, 0.3) is 0 Å². The standard InChI is InChI=1S/C13H22N4O3S/c1-9(13(18)15-2)8-17(4)11-6-5-10(14)7-12(11)21(19,20)16-3/h5-7,9,16H,8,14H2,1-4H3,(H,15,18). The average molecular weight is 314 g/mol. The lowest BCUT2D eigenvalue weighted by atomic mass is 10.1. The van der Waals surface area contributed by atoms with Crippen LogP contribution in [0.1, 0.15) is 6.92 Å². The highest BCUT2D eigenvalue weighted by Gasteiger charge is 2.21. The number of nitrogens with one attached hydrogen (secondary N) is 2. The molecule has 7 nitrogen and oxygen atoms in total. The summed E-state index contributed by atoms with van der Waals surface area (Å²) >= 11 is 0. The van der Waals surface area contributed by atoms with E-state index in [2.05, 4.69) is 10.0 Å². The lowest BCUT2D eigenvalue weighted by molar-refractivity contribution is -0.123. The summed E-state index contributed by atoms with van der Waals surface area (Å²) in [6.45, 7) is 2.16. The molecule has 21 heavy (non-hydrogen) atoms. The molecule has 0 saturated heterocycles. The Balaban J connectivity index is 3.16. The maximum atomic E-state index is 12.1. The van der Waals surface area contributed by atoms with Crippen molar-refractivity contribution < 1.29 is 13.2 Å². The van der Waals surface area contributed by atoms with Crippen molar-refractivity contribution in [2.24, 2.45) is 5.92 Å². The van der Waals surface area contributed by atoms with Gasteiger partial charge in [0.15, 0.2) is 0 Å². The molecule has 0 saturated carbocycles. The first-order valence-corrected chi connectivity index (χ1v) is 7.97. The van der Waals surface area contributed by atoms with Crippen LogP contribution in [-0.2, 0) is 14.8 Å². The van der Waals surface area contributed by atoms with Crippen molar-refractivity contribution in [1.29, 1.82) is 0 Å². The van der Waals surface area contributed by atoms with Crippen LogP contribution in [0.5, 0.6) is 0 Å². The van der Waals surface area contributed by atoms with Gasteiger partial charge in [-0.2, -0.15) is 0 Å². The van der Waals surface area contributed by atoms with Gasteiger partial charge in [0.1, 0.15) is 4.90 Å². The van der Waals surface area contributed by atoms with Crippen molar-refractivity contribution in [3.05, 3.63) is 18.2 Å². The smallest absolute Gasteiger partial charge is 0.242 e. The predicted octanol–water partition coefficient (Wildman–Crippen LogP) is -0.00480. The topological polar surface area (TPSA) is 105 Å². The number of anilines is 2. The number of benzene rings is 1. The lowest BCUT2D eigenvalue weighted by Gasteiger charge is -2.25. The van der Waals surface area contributed by atoms with Crippen LogP contribution in [0.3, 0.4) is 0 Å². The van der Waals surface area contributed by atoms with Crippen LogP contribution >= 0.6 is 0 Å². The molecule has 4 N–H and O–H groups in total. The molecule has 0 bridgehead atoms. The Morgan fingerprint density at radius 3 is 2.52 bits per heavy atom. The van der Waals surface area contributed by atoms with Gasteiger partial charge in [0.25, 0.3) is 0 Å².